The Morgan fingerprint density at radius 2 is 2.06 bits per heavy atom. The second-order valence-electron chi connectivity index (χ2n) is 4.22. The highest BCUT2D eigenvalue weighted by Crippen LogP contribution is 2.13. The highest BCUT2D eigenvalue weighted by Gasteiger charge is 2.00. The van der Waals surface area contributed by atoms with Crippen LogP contribution >= 0.6 is 15.9 Å². The van der Waals surface area contributed by atoms with Crippen molar-refractivity contribution in [2.75, 3.05) is 20.1 Å². The highest BCUT2D eigenvalue weighted by atomic mass is 79.9. The summed E-state index contributed by atoms with van der Waals surface area (Å²) in [4.78, 5) is 2.36. The van der Waals surface area contributed by atoms with Gasteiger partial charge in [-0.3, -0.25) is 0 Å². The molecule has 0 spiro atoms. The van der Waals surface area contributed by atoms with Crippen LogP contribution in [0.25, 0.3) is 0 Å². The predicted molar refractivity (Wildman–Crippen MR) is 73.4 cm³/mol. The van der Waals surface area contributed by atoms with Crippen LogP contribution in [0.15, 0.2) is 28.7 Å². The van der Waals surface area contributed by atoms with Crippen molar-refractivity contribution in [3.63, 3.8) is 0 Å². The molecule has 0 bridgehead atoms. The van der Waals surface area contributed by atoms with E-state index in [1.54, 1.807) is 0 Å². The Bertz CT molecular complexity index is 302. The fourth-order valence-electron chi connectivity index (χ4n) is 1.73. The molecular weight excluding hydrogens is 264 g/mol. The summed E-state index contributed by atoms with van der Waals surface area (Å²) in [5, 5.41) is 0. The van der Waals surface area contributed by atoms with Gasteiger partial charge in [-0.05, 0) is 50.7 Å². The average Bonchev–Trinajstić information content (AvgIpc) is 2.24. The lowest BCUT2D eigenvalue weighted by molar-refractivity contribution is 0.317. The van der Waals surface area contributed by atoms with Crippen LogP contribution in [0, 0.1) is 0 Å². The average molecular weight is 285 g/mol. The standard InChI is InChI=1S/C13H21BrN2/c1-16(9-4-2-3-8-15)11-12-6-5-7-13(14)10-12/h5-7,10H,2-4,8-9,11,15H2,1H3. The van der Waals surface area contributed by atoms with E-state index in [-0.39, 0.29) is 0 Å². The SMILES string of the molecule is CN(CCCCCN)Cc1cccc(Br)c1. The van der Waals surface area contributed by atoms with Gasteiger partial charge in [-0.1, -0.05) is 34.5 Å². The molecule has 2 nitrogen and oxygen atoms in total. The zero-order valence-corrected chi connectivity index (χ0v) is 11.5. The van der Waals surface area contributed by atoms with Crippen LogP contribution in [0.3, 0.4) is 0 Å². The van der Waals surface area contributed by atoms with Gasteiger partial charge in [-0.25, -0.2) is 0 Å². The van der Waals surface area contributed by atoms with Crippen LogP contribution in [0.5, 0.6) is 0 Å². The largest absolute Gasteiger partial charge is 0.330 e. The maximum atomic E-state index is 5.47. The summed E-state index contributed by atoms with van der Waals surface area (Å²) in [6, 6.07) is 8.49. The van der Waals surface area contributed by atoms with Crippen molar-refractivity contribution in [2.45, 2.75) is 25.8 Å². The van der Waals surface area contributed by atoms with E-state index >= 15 is 0 Å². The summed E-state index contributed by atoms with van der Waals surface area (Å²) in [6.07, 6.45) is 3.62. The smallest absolute Gasteiger partial charge is 0.0231 e. The van der Waals surface area contributed by atoms with Gasteiger partial charge in [0, 0.05) is 11.0 Å². The first-order chi connectivity index (χ1) is 7.72. The first-order valence-corrected chi connectivity index (χ1v) is 6.64. The second-order valence-corrected chi connectivity index (χ2v) is 5.13. The lowest BCUT2D eigenvalue weighted by atomic mass is 10.2. The Hall–Kier alpha value is -0.380. The molecule has 90 valence electrons. The van der Waals surface area contributed by atoms with E-state index in [4.69, 9.17) is 5.73 Å². The predicted octanol–water partition coefficient (Wildman–Crippen LogP) is 3.01. The summed E-state index contributed by atoms with van der Waals surface area (Å²) in [7, 11) is 2.17. The van der Waals surface area contributed by atoms with E-state index in [2.05, 4.69) is 52.1 Å². The molecule has 0 aromatic heterocycles. The number of rotatable bonds is 7. The maximum Gasteiger partial charge on any atom is 0.0231 e. The van der Waals surface area contributed by atoms with Gasteiger partial charge in [0.2, 0.25) is 0 Å². The molecule has 0 amide bonds. The van der Waals surface area contributed by atoms with Crippen LogP contribution in [0.4, 0.5) is 0 Å². The molecule has 0 aliphatic carbocycles. The van der Waals surface area contributed by atoms with E-state index < -0.39 is 0 Å². The van der Waals surface area contributed by atoms with E-state index in [1.165, 1.54) is 18.4 Å². The monoisotopic (exact) mass is 284 g/mol. The van der Waals surface area contributed by atoms with Crippen LogP contribution in [0.1, 0.15) is 24.8 Å². The number of hydrogen-bond acceptors (Lipinski definition) is 2. The topological polar surface area (TPSA) is 29.3 Å². The van der Waals surface area contributed by atoms with Crippen LogP contribution in [0.2, 0.25) is 0 Å². The molecule has 0 unspecified atom stereocenters. The number of unbranched alkanes of at least 4 members (excludes halogenated alkanes) is 2. The van der Waals surface area contributed by atoms with Gasteiger partial charge in [0.15, 0.2) is 0 Å². The van der Waals surface area contributed by atoms with Crippen molar-refractivity contribution in [1.82, 2.24) is 4.90 Å². The molecule has 0 atom stereocenters. The third kappa shape index (κ3) is 5.64. The van der Waals surface area contributed by atoms with Gasteiger partial charge < -0.3 is 10.6 Å². The lowest BCUT2D eigenvalue weighted by Crippen LogP contribution is -2.19. The molecule has 16 heavy (non-hydrogen) atoms. The zero-order valence-electron chi connectivity index (χ0n) is 9.95. The summed E-state index contributed by atoms with van der Waals surface area (Å²) in [5.74, 6) is 0. The molecule has 0 aliphatic rings. The van der Waals surface area contributed by atoms with Gasteiger partial charge in [0.1, 0.15) is 0 Å². The van der Waals surface area contributed by atoms with Gasteiger partial charge >= 0.3 is 0 Å². The number of nitrogens with two attached hydrogens (primary N) is 1. The van der Waals surface area contributed by atoms with Crippen molar-refractivity contribution in [3.05, 3.63) is 34.3 Å². The maximum absolute atomic E-state index is 5.47. The number of halogens is 1. The minimum Gasteiger partial charge on any atom is -0.330 e. The van der Waals surface area contributed by atoms with Crippen molar-refractivity contribution < 1.29 is 0 Å². The second kappa shape index (κ2) is 7.82. The van der Waals surface area contributed by atoms with Gasteiger partial charge in [0.25, 0.3) is 0 Å². The number of benzene rings is 1. The minimum atomic E-state index is 0.815. The van der Waals surface area contributed by atoms with Gasteiger partial charge in [-0.15, -0.1) is 0 Å². The molecule has 0 fully saturated rings. The van der Waals surface area contributed by atoms with E-state index in [0.717, 1.165) is 30.5 Å². The van der Waals surface area contributed by atoms with Crippen LogP contribution < -0.4 is 5.73 Å². The van der Waals surface area contributed by atoms with Crippen molar-refractivity contribution in [3.8, 4) is 0 Å². The normalized spacial score (nSPS) is 11.0. The Kier molecular flexibility index (Phi) is 6.69. The highest BCUT2D eigenvalue weighted by molar-refractivity contribution is 9.10. The summed E-state index contributed by atoms with van der Waals surface area (Å²) in [6.45, 7) is 2.98. The minimum absolute atomic E-state index is 0.815. The first-order valence-electron chi connectivity index (χ1n) is 5.85. The van der Waals surface area contributed by atoms with Crippen molar-refractivity contribution >= 4 is 15.9 Å². The Morgan fingerprint density at radius 1 is 1.25 bits per heavy atom. The van der Waals surface area contributed by atoms with E-state index in [1.807, 2.05) is 0 Å². The number of hydrogen-bond donors (Lipinski definition) is 1. The van der Waals surface area contributed by atoms with Crippen LogP contribution in [-0.4, -0.2) is 25.0 Å². The van der Waals surface area contributed by atoms with Gasteiger partial charge in [-0.2, -0.15) is 0 Å². The molecule has 1 aromatic carbocycles. The third-order valence-corrected chi connectivity index (χ3v) is 3.08. The molecule has 2 N–H and O–H groups in total. The first kappa shape index (κ1) is 13.7. The molecule has 1 aromatic rings. The van der Waals surface area contributed by atoms with Gasteiger partial charge in [0.05, 0.1) is 0 Å². The third-order valence-electron chi connectivity index (χ3n) is 2.59. The lowest BCUT2D eigenvalue weighted by Gasteiger charge is -2.16. The van der Waals surface area contributed by atoms with Crippen molar-refractivity contribution in [2.24, 2.45) is 5.73 Å². The molecule has 0 radical (unpaired) electrons. The van der Waals surface area contributed by atoms with E-state index in [9.17, 15) is 0 Å². The summed E-state index contributed by atoms with van der Waals surface area (Å²) >= 11 is 3.49. The fourth-order valence-corrected chi connectivity index (χ4v) is 2.18. The molecular formula is C13H21BrN2. The molecule has 0 heterocycles. The Balaban J connectivity index is 2.25. The summed E-state index contributed by atoms with van der Waals surface area (Å²) < 4.78 is 1.15. The van der Waals surface area contributed by atoms with E-state index in [0.29, 0.717) is 0 Å². The fraction of sp³-hybridized carbons (Fsp3) is 0.538. The molecule has 0 saturated heterocycles. The quantitative estimate of drug-likeness (QED) is 0.780. The molecule has 0 saturated carbocycles. The Labute approximate surface area is 107 Å². The Morgan fingerprint density at radius 3 is 2.75 bits per heavy atom. The molecule has 1 rings (SSSR count). The molecule has 0 aliphatic heterocycles. The van der Waals surface area contributed by atoms with Crippen LogP contribution in [-0.2, 0) is 6.54 Å². The van der Waals surface area contributed by atoms with Crippen molar-refractivity contribution in [1.29, 1.82) is 0 Å². The summed E-state index contributed by atoms with van der Waals surface area (Å²) in [5.41, 5.74) is 6.82. The molecule has 3 heteroatoms. The number of nitrogens with zero attached hydrogens (tertiary/aromatic N) is 1. The zero-order chi connectivity index (χ0) is 11.8.